The number of H-pyrrole nitrogens is 3. The van der Waals surface area contributed by atoms with Gasteiger partial charge in [-0.25, -0.2) is 9.97 Å². The molecule has 0 fully saturated rings. The number of rotatable bonds is 5. The number of para-hydroxylation sites is 4. The first-order valence-electron chi connectivity index (χ1n) is 17.1. The van der Waals surface area contributed by atoms with E-state index in [1.807, 2.05) is 79.1 Å². The summed E-state index contributed by atoms with van der Waals surface area (Å²) in [4.78, 5) is 22.8. The minimum absolute atomic E-state index is 0.596. The fourth-order valence-corrected chi connectivity index (χ4v) is 7.59. The molecule has 0 saturated heterocycles. The maximum Gasteiger partial charge on any atom is 0.180 e. The van der Waals surface area contributed by atoms with Gasteiger partial charge >= 0.3 is 0 Å². The van der Waals surface area contributed by atoms with Crippen LogP contribution in [0.3, 0.4) is 0 Å². The smallest absolute Gasteiger partial charge is 0.180 e. The van der Waals surface area contributed by atoms with Gasteiger partial charge in [-0.1, -0.05) is 78.9 Å². The first kappa shape index (κ1) is 28.5. The van der Waals surface area contributed by atoms with Crippen molar-refractivity contribution in [1.82, 2.24) is 35.1 Å². The highest BCUT2D eigenvalue weighted by atomic mass is 16.3. The van der Waals surface area contributed by atoms with E-state index in [1.54, 1.807) is 0 Å². The lowest BCUT2D eigenvalue weighted by Gasteiger charge is -2.16. The molecule has 11 rings (SSSR count). The number of nitrogens with zero attached hydrogens (tertiary/aromatic N) is 4. The quantitative estimate of drug-likeness (QED) is 0.169. The van der Waals surface area contributed by atoms with Crippen LogP contribution in [0.1, 0.15) is 0 Å². The lowest BCUT2D eigenvalue weighted by atomic mass is 9.88. The first-order valence-corrected chi connectivity index (χ1v) is 17.1. The largest absolute Gasteiger partial charge is 0.452 e. The fourth-order valence-electron chi connectivity index (χ4n) is 7.59. The lowest BCUT2D eigenvalue weighted by Crippen LogP contribution is -1.96. The van der Waals surface area contributed by atoms with Crippen molar-refractivity contribution in [1.29, 1.82) is 0 Å². The topological polar surface area (TPSA) is 112 Å². The van der Waals surface area contributed by atoms with Crippen LogP contribution >= 0.6 is 0 Å². The molecular formula is C44H27N7O. The van der Waals surface area contributed by atoms with Crippen LogP contribution < -0.4 is 0 Å². The number of aromatic amines is 3. The monoisotopic (exact) mass is 669 g/mol. The average molecular weight is 670 g/mol. The molecule has 3 N–H and O–H groups in total. The maximum atomic E-state index is 7.05. The Morgan fingerprint density at radius 3 is 2.19 bits per heavy atom. The van der Waals surface area contributed by atoms with Gasteiger partial charge in [0.25, 0.3) is 0 Å². The summed E-state index contributed by atoms with van der Waals surface area (Å²) in [5.41, 5.74) is 11.3. The Morgan fingerprint density at radius 2 is 1.35 bits per heavy atom. The van der Waals surface area contributed by atoms with Gasteiger partial charge in [0.1, 0.15) is 5.58 Å². The number of furan rings is 1. The number of fused-ring (bicyclic) bond motifs is 5. The zero-order valence-corrected chi connectivity index (χ0v) is 27.6. The van der Waals surface area contributed by atoms with Gasteiger partial charge in [0.15, 0.2) is 11.6 Å². The Morgan fingerprint density at radius 1 is 0.558 bits per heavy atom. The summed E-state index contributed by atoms with van der Waals surface area (Å²) in [5, 5.41) is 12.9. The van der Waals surface area contributed by atoms with Crippen LogP contribution in [-0.4, -0.2) is 35.1 Å². The van der Waals surface area contributed by atoms with Gasteiger partial charge in [-0.15, -0.1) is 0 Å². The van der Waals surface area contributed by atoms with Crippen LogP contribution in [0.4, 0.5) is 0 Å². The molecule has 0 aliphatic carbocycles. The molecule has 0 unspecified atom stereocenters. The lowest BCUT2D eigenvalue weighted by molar-refractivity contribution is 0.627. The Bertz CT molecular complexity index is 3080. The normalized spacial score (nSPS) is 11.8. The van der Waals surface area contributed by atoms with Crippen molar-refractivity contribution in [2.75, 3.05) is 0 Å². The molecule has 0 aliphatic rings. The fraction of sp³-hybridized carbons (Fsp3) is 0. The van der Waals surface area contributed by atoms with Crippen LogP contribution in [0.5, 0.6) is 0 Å². The van der Waals surface area contributed by atoms with E-state index >= 15 is 0 Å². The van der Waals surface area contributed by atoms with Crippen molar-refractivity contribution in [2.45, 2.75) is 0 Å². The second kappa shape index (κ2) is 11.1. The molecule has 52 heavy (non-hydrogen) atoms. The summed E-state index contributed by atoms with van der Waals surface area (Å²) in [6.45, 7) is 0. The van der Waals surface area contributed by atoms with Gasteiger partial charge in [0.05, 0.1) is 39.2 Å². The van der Waals surface area contributed by atoms with Crippen LogP contribution in [0.15, 0.2) is 150 Å². The van der Waals surface area contributed by atoms with Crippen molar-refractivity contribution in [3.05, 3.63) is 146 Å². The molecule has 0 saturated carbocycles. The third-order valence-corrected chi connectivity index (χ3v) is 9.93. The van der Waals surface area contributed by atoms with Gasteiger partial charge in [-0.2, -0.15) is 5.10 Å². The highest BCUT2D eigenvalue weighted by Gasteiger charge is 2.30. The minimum Gasteiger partial charge on any atom is -0.452 e. The molecule has 244 valence electrons. The van der Waals surface area contributed by atoms with E-state index in [2.05, 4.69) is 81.8 Å². The van der Waals surface area contributed by atoms with Gasteiger partial charge < -0.3 is 14.4 Å². The number of hydrogen-bond donors (Lipinski definition) is 3. The molecule has 8 nitrogen and oxygen atoms in total. The standard InChI is InChI=1S/C44H27N7O/c1-4-12-28-25(9-1)19-21-45-42(28)41-40-37(52-43(41)44-49-33-15-7-8-16-34(33)50-44)24-29(32-20-22-46-51-32)38(36-23-27-11-3-6-14-31(27)48-36)39(40)35-18-17-26-10-2-5-13-30(26)47-35/h1-24,48H,(H,46,51)(H,49,50). The molecular weight excluding hydrogens is 643 g/mol. The Balaban J connectivity index is 1.37. The van der Waals surface area contributed by atoms with E-state index in [1.165, 1.54) is 0 Å². The predicted octanol–water partition coefficient (Wildman–Crippen LogP) is 10.9. The van der Waals surface area contributed by atoms with E-state index in [4.69, 9.17) is 24.5 Å². The highest BCUT2D eigenvalue weighted by Crippen LogP contribution is 2.51. The number of hydrogen-bond acceptors (Lipinski definition) is 5. The summed E-state index contributed by atoms with van der Waals surface area (Å²) < 4.78 is 7.05. The summed E-state index contributed by atoms with van der Waals surface area (Å²) in [6.07, 6.45) is 3.71. The maximum absolute atomic E-state index is 7.05. The van der Waals surface area contributed by atoms with Gasteiger partial charge in [-0.05, 0) is 60.0 Å². The van der Waals surface area contributed by atoms with Crippen molar-refractivity contribution < 1.29 is 4.42 Å². The summed E-state index contributed by atoms with van der Waals surface area (Å²) in [6, 6.07) is 45.4. The van der Waals surface area contributed by atoms with Crippen molar-refractivity contribution in [3.63, 3.8) is 0 Å². The number of aromatic nitrogens is 7. The summed E-state index contributed by atoms with van der Waals surface area (Å²) in [7, 11) is 0. The van der Waals surface area contributed by atoms with Crippen LogP contribution in [0, 0.1) is 0 Å². The number of imidazole rings is 1. The molecule has 6 aromatic heterocycles. The predicted molar refractivity (Wildman–Crippen MR) is 208 cm³/mol. The van der Waals surface area contributed by atoms with Crippen LogP contribution in [-0.2, 0) is 0 Å². The SMILES string of the molecule is c1ccc2nc(-c3c(-c4cc5ccccc5[nH]4)c(-c4cc[nH]n4)cc4oc(-c5nc6ccccc6[nH]5)c(-c5nccc6ccccc56)c34)ccc2c1. The Hall–Kier alpha value is -7.32. The average Bonchev–Trinajstić information content (AvgIpc) is 4.02. The number of pyridine rings is 2. The molecule has 0 atom stereocenters. The van der Waals surface area contributed by atoms with Gasteiger partial charge in [0, 0.05) is 61.8 Å². The van der Waals surface area contributed by atoms with E-state index in [-0.39, 0.29) is 0 Å². The van der Waals surface area contributed by atoms with Crippen molar-refractivity contribution in [2.24, 2.45) is 0 Å². The van der Waals surface area contributed by atoms with Crippen molar-refractivity contribution in [3.8, 4) is 56.6 Å². The van der Waals surface area contributed by atoms with Crippen LogP contribution in [0.25, 0.3) is 111 Å². The van der Waals surface area contributed by atoms with E-state index in [0.717, 1.165) is 94.0 Å². The molecule has 11 aromatic rings. The van der Waals surface area contributed by atoms with Gasteiger partial charge in [-0.3, -0.25) is 10.1 Å². The van der Waals surface area contributed by atoms with E-state index in [9.17, 15) is 0 Å². The van der Waals surface area contributed by atoms with E-state index < -0.39 is 0 Å². The molecule has 6 heterocycles. The third kappa shape index (κ3) is 4.34. The summed E-state index contributed by atoms with van der Waals surface area (Å²) in [5.74, 6) is 1.21. The molecule has 0 bridgehead atoms. The molecule has 0 spiro atoms. The highest BCUT2D eigenvalue weighted by molar-refractivity contribution is 6.18. The molecule has 0 aliphatic heterocycles. The van der Waals surface area contributed by atoms with Crippen LogP contribution in [0.2, 0.25) is 0 Å². The van der Waals surface area contributed by atoms with Crippen molar-refractivity contribution >= 4 is 54.6 Å². The Kier molecular flexibility index (Phi) is 6.08. The second-order valence-corrected chi connectivity index (χ2v) is 13.0. The number of benzene rings is 5. The third-order valence-electron chi connectivity index (χ3n) is 9.93. The summed E-state index contributed by atoms with van der Waals surface area (Å²) >= 11 is 0. The molecule has 5 aromatic carbocycles. The van der Waals surface area contributed by atoms with E-state index in [0.29, 0.717) is 17.2 Å². The zero-order chi connectivity index (χ0) is 34.2. The van der Waals surface area contributed by atoms with Gasteiger partial charge in [0.2, 0.25) is 0 Å². The zero-order valence-electron chi connectivity index (χ0n) is 27.6. The Labute approximate surface area is 295 Å². The molecule has 0 amide bonds. The second-order valence-electron chi connectivity index (χ2n) is 13.0. The number of nitrogens with one attached hydrogen (secondary N) is 3. The minimum atomic E-state index is 0.596. The first-order chi connectivity index (χ1) is 25.8. The molecule has 0 radical (unpaired) electrons. The molecule has 8 heteroatoms.